The lowest BCUT2D eigenvalue weighted by Gasteiger charge is -2.03. The van der Waals surface area contributed by atoms with E-state index in [1.165, 1.54) is 6.92 Å². The highest BCUT2D eigenvalue weighted by Crippen LogP contribution is 2.18. The molecule has 2 heterocycles. The molecule has 0 unspecified atom stereocenters. The number of hydrogen-bond acceptors (Lipinski definition) is 4. The quantitative estimate of drug-likeness (QED) is 0.747. The number of aromatic nitrogens is 1. The largest absolute Gasteiger partial charge is 0.449 e. The molecule has 1 amide bonds. The van der Waals surface area contributed by atoms with Gasteiger partial charge in [-0.2, -0.15) is 0 Å². The Morgan fingerprint density at radius 2 is 1.90 bits per heavy atom. The molecule has 1 N–H and O–H groups in total. The molecule has 0 aliphatic carbocycles. The number of benzene rings is 1. The Bertz CT molecular complexity index is 786. The minimum absolute atomic E-state index is 0.0174. The number of anilines is 1. The van der Waals surface area contributed by atoms with Crippen molar-refractivity contribution in [3.63, 3.8) is 0 Å². The molecule has 0 saturated heterocycles. The van der Waals surface area contributed by atoms with Gasteiger partial charge >= 0.3 is 0 Å². The third kappa shape index (κ3) is 2.67. The van der Waals surface area contributed by atoms with Gasteiger partial charge in [-0.15, -0.1) is 0 Å². The fourth-order valence-corrected chi connectivity index (χ4v) is 1.96. The summed E-state index contributed by atoms with van der Waals surface area (Å²) in [6, 6.07) is 11.8. The lowest BCUT2D eigenvalue weighted by atomic mass is 10.1. The molecule has 0 fully saturated rings. The molecule has 0 atom stereocenters. The zero-order valence-electron chi connectivity index (χ0n) is 11.3. The summed E-state index contributed by atoms with van der Waals surface area (Å²) in [4.78, 5) is 27.4. The van der Waals surface area contributed by atoms with Crippen LogP contribution in [-0.2, 0) is 0 Å². The minimum atomic E-state index is -0.358. The summed E-state index contributed by atoms with van der Waals surface area (Å²) in [7, 11) is 0. The third-order valence-electron chi connectivity index (χ3n) is 3.06. The van der Waals surface area contributed by atoms with E-state index < -0.39 is 0 Å². The van der Waals surface area contributed by atoms with Crippen molar-refractivity contribution < 1.29 is 14.0 Å². The lowest BCUT2D eigenvalue weighted by molar-refractivity contribution is 0.0996. The Morgan fingerprint density at radius 1 is 1.14 bits per heavy atom. The summed E-state index contributed by atoms with van der Waals surface area (Å²) < 4.78 is 5.44. The predicted molar refractivity (Wildman–Crippen MR) is 78.4 cm³/mol. The van der Waals surface area contributed by atoms with Crippen LogP contribution in [0, 0.1) is 0 Å². The van der Waals surface area contributed by atoms with E-state index in [4.69, 9.17) is 4.42 Å². The number of pyridine rings is 1. The van der Waals surface area contributed by atoms with E-state index in [-0.39, 0.29) is 17.5 Å². The van der Waals surface area contributed by atoms with E-state index in [2.05, 4.69) is 10.3 Å². The van der Waals surface area contributed by atoms with Crippen molar-refractivity contribution in [1.29, 1.82) is 0 Å². The molecule has 0 radical (unpaired) electrons. The predicted octanol–water partition coefficient (Wildman–Crippen LogP) is 3.28. The van der Waals surface area contributed by atoms with Crippen molar-refractivity contribution in [3.05, 3.63) is 60.0 Å². The SMILES string of the molecule is CC(=O)c1ccc(NC(=O)c2cc3ncccc3o2)cc1. The molecule has 104 valence electrons. The number of furan rings is 1. The first-order valence-electron chi connectivity index (χ1n) is 6.40. The molecule has 1 aromatic carbocycles. The summed E-state index contributed by atoms with van der Waals surface area (Å²) in [6.07, 6.45) is 1.64. The average Bonchev–Trinajstić information content (AvgIpc) is 2.92. The average molecular weight is 280 g/mol. The Morgan fingerprint density at radius 3 is 2.57 bits per heavy atom. The fourth-order valence-electron chi connectivity index (χ4n) is 1.96. The number of Topliss-reactive ketones (excluding diaryl/α,β-unsaturated/α-hetero) is 1. The van der Waals surface area contributed by atoms with E-state index in [9.17, 15) is 9.59 Å². The summed E-state index contributed by atoms with van der Waals surface area (Å²) in [6.45, 7) is 1.50. The third-order valence-corrected chi connectivity index (χ3v) is 3.06. The van der Waals surface area contributed by atoms with Crippen molar-refractivity contribution in [3.8, 4) is 0 Å². The molecule has 0 saturated carbocycles. The van der Waals surface area contributed by atoms with Crippen molar-refractivity contribution in [2.24, 2.45) is 0 Å². The van der Waals surface area contributed by atoms with Crippen molar-refractivity contribution in [2.45, 2.75) is 6.92 Å². The molecule has 21 heavy (non-hydrogen) atoms. The van der Waals surface area contributed by atoms with Gasteiger partial charge in [-0.1, -0.05) is 0 Å². The number of nitrogens with one attached hydrogen (secondary N) is 1. The number of fused-ring (bicyclic) bond motifs is 1. The van der Waals surface area contributed by atoms with Crippen LogP contribution in [0.1, 0.15) is 27.8 Å². The molecule has 0 aliphatic rings. The van der Waals surface area contributed by atoms with E-state index in [1.807, 2.05) is 0 Å². The van der Waals surface area contributed by atoms with Crippen LogP contribution in [0.15, 0.2) is 53.1 Å². The van der Waals surface area contributed by atoms with Crippen LogP contribution in [0.4, 0.5) is 5.69 Å². The smallest absolute Gasteiger partial charge is 0.291 e. The number of nitrogens with zero attached hydrogens (tertiary/aromatic N) is 1. The molecule has 2 aromatic heterocycles. The van der Waals surface area contributed by atoms with Crippen molar-refractivity contribution >= 4 is 28.5 Å². The first-order chi connectivity index (χ1) is 10.1. The Kier molecular flexibility index (Phi) is 3.23. The number of carbonyl (C=O) groups excluding carboxylic acids is 2. The molecule has 5 nitrogen and oxygen atoms in total. The molecule has 0 aliphatic heterocycles. The number of amides is 1. The van der Waals surface area contributed by atoms with Gasteiger partial charge in [0.2, 0.25) is 0 Å². The van der Waals surface area contributed by atoms with Gasteiger partial charge in [0.25, 0.3) is 5.91 Å². The van der Waals surface area contributed by atoms with Crippen LogP contribution in [0.2, 0.25) is 0 Å². The van der Waals surface area contributed by atoms with Gasteiger partial charge in [-0.05, 0) is 43.3 Å². The second-order valence-electron chi connectivity index (χ2n) is 4.59. The van der Waals surface area contributed by atoms with Crippen LogP contribution < -0.4 is 5.32 Å². The molecule has 5 heteroatoms. The van der Waals surface area contributed by atoms with E-state index in [0.717, 1.165) is 0 Å². The second-order valence-corrected chi connectivity index (χ2v) is 4.59. The molecular formula is C16H12N2O3. The maximum atomic E-state index is 12.1. The Labute approximate surface area is 120 Å². The monoisotopic (exact) mass is 280 g/mol. The Balaban J connectivity index is 1.80. The van der Waals surface area contributed by atoms with Gasteiger partial charge in [-0.25, -0.2) is 0 Å². The summed E-state index contributed by atoms with van der Waals surface area (Å²) >= 11 is 0. The Hall–Kier alpha value is -2.95. The molecule has 3 aromatic rings. The van der Waals surface area contributed by atoms with Crippen LogP contribution >= 0.6 is 0 Å². The van der Waals surface area contributed by atoms with Crippen LogP contribution in [0.25, 0.3) is 11.1 Å². The summed E-state index contributed by atoms with van der Waals surface area (Å²) in [5, 5.41) is 2.71. The van der Waals surface area contributed by atoms with Gasteiger partial charge in [-0.3, -0.25) is 14.6 Å². The highest BCUT2D eigenvalue weighted by atomic mass is 16.3. The summed E-state index contributed by atoms with van der Waals surface area (Å²) in [5.74, 6) is -0.181. The van der Waals surface area contributed by atoms with Crippen LogP contribution in [0.3, 0.4) is 0 Å². The van der Waals surface area contributed by atoms with E-state index >= 15 is 0 Å². The van der Waals surface area contributed by atoms with E-state index in [1.54, 1.807) is 48.7 Å². The topological polar surface area (TPSA) is 72.2 Å². The normalized spacial score (nSPS) is 10.5. The van der Waals surface area contributed by atoms with Gasteiger partial charge in [0.15, 0.2) is 17.1 Å². The van der Waals surface area contributed by atoms with Gasteiger partial charge < -0.3 is 9.73 Å². The molecule has 0 spiro atoms. The standard InChI is InChI=1S/C16H12N2O3/c1-10(19)11-4-6-12(7-5-11)18-16(20)15-9-13-14(21-15)3-2-8-17-13/h2-9H,1H3,(H,18,20). The highest BCUT2D eigenvalue weighted by molar-refractivity contribution is 6.04. The molecule has 0 bridgehead atoms. The first kappa shape index (κ1) is 13.1. The molecule has 3 rings (SSSR count). The van der Waals surface area contributed by atoms with Crippen LogP contribution in [-0.4, -0.2) is 16.7 Å². The number of rotatable bonds is 3. The number of carbonyl (C=O) groups is 2. The number of hydrogen-bond donors (Lipinski definition) is 1. The lowest BCUT2D eigenvalue weighted by Crippen LogP contribution is -2.10. The maximum absolute atomic E-state index is 12.1. The zero-order valence-corrected chi connectivity index (χ0v) is 11.3. The van der Waals surface area contributed by atoms with Gasteiger partial charge in [0, 0.05) is 23.5 Å². The fraction of sp³-hybridized carbons (Fsp3) is 0.0625. The summed E-state index contributed by atoms with van der Waals surface area (Å²) in [5.41, 5.74) is 2.39. The first-order valence-corrected chi connectivity index (χ1v) is 6.40. The van der Waals surface area contributed by atoms with Crippen molar-refractivity contribution in [1.82, 2.24) is 4.98 Å². The number of ketones is 1. The second kappa shape index (κ2) is 5.20. The van der Waals surface area contributed by atoms with Gasteiger partial charge in [0.1, 0.15) is 5.52 Å². The van der Waals surface area contributed by atoms with Gasteiger partial charge in [0.05, 0.1) is 0 Å². The maximum Gasteiger partial charge on any atom is 0.291 e. The molecular weight excluding hydrogens is 268 g/mol. The van der Waals surface area contributed by atoms with E-state index in [0.29, 0.717) is 22.4 Å². The highest BCUT2D eigenvalue weighted by Gasteiger charge is 2.13. The van der Waals surface area contributed by atoms with Crippen molar-refractivity contribution in [2.75, 3.05) is 5.32 Å². The van der Waals surface area contributed by atoms with Crippen LogP contribution in [0.5, 0.6) is 0 Å². The zero-order chi connectivity index (χ0) is 14.8. The minimum Gasteiger partial charge on any atom is -0.449 e.